The van der Waals surface area contributed by atoms with Crippen LogP contribution in [0.4, 0.5) is 15.2 Å². The first kappa shape index (κ1) is 20.6. The van der Waals surface area contributed by atoms with Crippen LogP contribution in [0.25, 0.3) is 0 Å². The minimum Gasteiger partial charge on any atom is -0.484 e. The molecule has 156 valence electrons. The molecule has 1 N–H and O–H groups in total. The summed E-state index contributed by atoms with van der Waals surface area (Å²) in [5.74, 6) is -0.589. The number of aromatic nitrogens is 1. The predicted octanol–water partition coefficient (Wildman–Crippen LogP) is 3.70. The SMILES string of the molecule is O=C(COc1ccc(F)c(Cl)c1)N1CCc2cc(S(=O)(=O)Nc3nccs3)ccc21. The molecule has 1 aliphatic rings. The first-order valence-electron chi connectivity index (χ1n) is 8.77. The van der Waals surface area contributed by atoms with E-state index in [0.29, 0.717) is 18.7 Å². The summed E-state index contributed by atoms with van der Waals surface area (Å²) in [7, 11) is -3.77. The molecular weight excluding hydrogens is 453 g/mol. The second kappa shape index (κ2) is 8.21. The van der Waals surface area contributed by atoms with Gasteiger partial charge < -0.3 is 9.64 Å². The Labute approximate surface area is 181 Å². The molecule has 0 spiro atoms. The number of nitrogens with zero attached hydrogens (tertiary/aromatic N) is 2. The number of amides is 1. The van der Waals surface area contributed by atoms with Gasteiger partial charge in [0.15, 0.2) is 11.7 Å². The smallest absolute Gasteiger partial charge is 0.264 e. The number of halogens is 2. The van der Waals surface area contributed by atoms with Gasteiger partial charge in [-0.15, -0.1) is 11.3 Å². The van der Waals surface area contributed by atoms with E-state index in [1.807, 2.05) is 0 Å². The van der Waals surface area contributed by atoms with Crippen molar-refractivity contribution in [1.82, 2.24) is 4.98 Å². The molecule has 0 aliphatic carbocycles. The third-order valence-corrected chi connectivity index (χ3v) is 6.91. The third-order valence-electron chi connectivity index (χ3n) is 4.47. The summed E-state index contributed by atoms with van der Waals surface area (Å²) in [4.78, 5) is 18.1. The second-order valence-corrected chi connectivity index (χ2v) is 9.38. The highest BCUT2D eigenvalue weighted by Crippen LogP contribution is 2.31. The fourth-order valence-corrected chi connectivity index (χ4v) is 5.05. The molecule has 0 radical (unpaired) electrons. The number of thiazole rings is 1. The fraction of sp³-hybridized carbons (Fsp3) is 0.158. The summed E-state index contributed by atoms with van der Waals surface area (Å²) in [6, 6.07) is 8.45. The molecule has 4 rings (SSSR count). The minimum absolute atomic E-state index is 0.0911. The fourth-order valence-electron chi connectivity index (χ4n) is 3.04. The molecule has 3 aromatic rings. The van der Waals surface area contributed by atoms with Crippen LogP contribution in [-0.4, -0.2) is 32.5 Å². The quantitative estimate of drug-likeness (QED) is 0.597. The van der Waals surface area contributed by atoms with Gasteiger partial charge in [-0.25, -0.2) is 17.8 Å². The summed E-state index contributed by atoms with van der Waals surface area (Å²) in [6.07, 6.45) is 2.03. The number of rotatable bonds is 6. The van der Waals surface area contributed by atoms with E-state index in [4.69, 9.17) is 16.3 Å². The first-order chi connectivity index (χ1) is 14.3. The largest absolute Gasteiger partial charge is 0.484 e. The average molecular weight is 468 g/mol. The van der Waals surface area contributed by atoms with Crippen molar-refractivity contribution in [2.45, 2.75) is 11.3 Å². The van der Waals surface area contributed by atoms with Crippen LogP contribution in [-0.2, 0) is 21.2 Å². The Kier molecular flexibility index (Phi) is 5.63. The van der Waals surface area contributed by atoms with Gasteiger partial charge in [0.2, 0.25) is 0 Å². The van der Waals surface area contributed by atoms with Crippen LogP contribution < -0.4 is 14.4 Å². The number of anilines is 2. The van der Waals surface area contributed by atoms with Crippen LogP contribution in [0, 0.1) is 5.82 Å². The number of hydrogen-bond acceptors (Lipinski definition) is 6. The molecule has 1 amide bonds. The van der Waals surface area contributed by atoms with E-state index in [2.05, 4.69) is 9.71 Å². The molecule has 0 saturated heterocycles. The number of nitrogens with one attached hydrogen (secondary N) is 1. The lowest BCUT2D eigenvalue weighted by molar-refractivity contribution is -0.120. The lowest BCUT2D eigenvalue weighted by Gasteiger charge is -2.18. The van der Waals surface area contributed by atoms with E-state index in [9.17, 15) is 17.6 Å². The van der Waals surface area contributed by atoms with E-state index in [-0.39, 0.29) is 33.3 Å². The van der Waals surface area contributed by atoms with E-state index in [1.165, 1.54) is 40.6 Å². The topological polar surface area (TPSA) is 88.6 Å². The Balaban J connectivity index is 1.46. The van der Waals surface area contributed by atoms with Crippen LogP contribution in [0.15, 0.2) is 52.9 Å². The first-order valence-corrected chi connectivity index (χ1v) is 11.5. The zero-order valence-corrected chi connectivity index (χ0v) is 17.7. The molecule has 0 bridgehead atoms. The molecular formula is C19H15ClFN3O4S2. The van der Waals surface area contributed by atoms with Gasteiger partial charge >= 0.3 is 0 Å². The van der Waals surface area contributed by atoms with Crippen molar-refractivity contribution in [3.05, 3.63) is 64.4 Å². The summed E-state index contributed by atoms with van der Waals surface area (Å²) in [6.45, 7) is 0.151. The van der Waals surface area contributed by atoms with Crippen molar-refractivity contribution in [1.29, 1.82) is 0 Å². The molecule has 0 saturated carbocycles. The normalized spacial score (nSPS) is 13.2. The number of hydrogen-bond donors (Lipinski definition) is 1. The minimum atomic E-state index is -3.77. The number of ether oxygens (including phenoxy) is 1. The molecule has 2 heterocycles. The predicted molar refractivity (Wildman–Crippen MR) is 112 cm³/mol. The van der Waals surface area contributed by atoms with Crippen molar-refractivity contribution in [3.8, 4) is 5.75 Å². The number of benzene rings is 2. The maximum absolute atomic E-state index is 13.2. The van der Waals surface area contributed by atoms with E-state index in [1.54, 1.807) is 17.5 Å². The Morgan fingerprint density at radius 3 is 2.87 bits per heavy atom. The number of carbonyl (C=O) groups excluding carboxylic acids is 1. The van der Waals surface area contributed by atoms with E-state index in [0.717, 1.165) is 11.6 Å². The van der Waals surface area contributed by atoms with Gasteiger partial charge in [0.1, 0.15) is 11.6 Å². The maximum atomic E-state index is 13.2. The van der Waals surface area contributed by atoms with Crippen LogP contribution in [0.2, 0.25) is 5.02 Å². The van der Waals surface area contributed by atoms with E-state index >= 15 is 0 Å². The standard InChI is InChI=1S/C19H15ClFN3O4S2/c20-15-10-13(1-3-16(15)21)28-11-18(25)24-7-5-12-9-14(2-4-17(12)24)30(26,27)23-19-22-6-8-29-19/h1-4,6,8-10H,5,7,11H2,(H,22,23). The summed E-state index contributed by atoms with van der Waals surface area (Å²) >= 11 is 6.89. The van der Waals surface area contributed by atoms with Gasteiger partial charge in [0.25, 0.3) is 15.9 Å². The van der Waals surface area contributed by atoms with Gasteiger partial charge in [-0.1, -0.05) is 11.6 Å². The molecule has 2 aromatic carbocycles. The molecule has 1 aromatic heterocycles. The van der Waals surface area contributed by atoms with Crippen LogP contribution in [0.3, 0.4) is 0 Å². The van der Waals surface area contributed by atoms with Gasteiger partial charge in [-0.3, -0.25) is 9.52 Å². The highest BCUT2D eigenvalue weighted by molar-refractivity contribution is 7.93. The second-order valence-electron chi connectivity index (χ2n) is 6.39. The Bertz CT molecular complexity index is 1200. The van der Waals surface area contributed by atoms with Crippen LogP contribution >= 0.6 is 22.9 Å². The highest BCUT2D eigenvalue weighted by Gasteiger charge is 2.27. The summed E-state index contributed by atoms with van der Waals surface area (Å²) in [5, 5.41) is 1.86. The summed E-state index contributed by atoms with van der Waals surface area (Å²) < 4.78 is 46.1. The zero-order chi connectivity index (χ0) is 21.3. The van der Waals surface area contributed by atoms with E-state index < -0.39 is 15.8 Å². The molecule has 1 aliphatic heterocycles. The molecule has 7 nitrogen and oxygen atoms in total. The molecule has 0 unspecified atom stereocenters. The average Bonchev–Trinajstić information content (AvgIpc) is 3.37. The van der Waals surface area contributed by atoms with Gasteiger partial charge in [0, 0.05) is 29.9 Å². The third kappa shape index (κ3) is 4.25. The lowest BCUT2D eigenvalue weighted by atomic mass is 10.2. The maximum Gasteiger partial charge on any atom is 0.264 e. The van der Waals surface area contributed by atoms with Gasteiger partial charge in [0.05, 0.1) is 9.92 Å². The zero-order valence-electron chi connectivity index (χ0n) is 15.3. The van der Waals surface area contributed by atoms with Crippen LogP contribution in [0.1, 0.15) is 5.56 Å². The monoisotopic (exact) mass is 467 g/mol. The van der Waals surface area contributed by atoms with Gasteiger partial charge in [-0.2, -0.15) is 0 Å². The van der Waals surface area contributed by atoms with Crippen molar-refractivity contribution >= 4 is 49.7 Å². The molecule has 0 atom stereocenters. The van der Waals surface area contributed by atoms with Crippen molar-refractivity contribution in [2.75, 3.05) is 22.8 Å². The van der Waals surface area contributed by atoms with Crippen molar-refractivity contribution in [2.24, 2.45) is 0 Å². The Morgan fingerprint density at radius 1 is 1.30 bits per heavy atom. The number of fused-ring (bicyclic) bond motifs is 1. The lowest BCUT2D eigenvalue weighted by Crippen LogP contribution is -2.33. The molecule has 11 heteroatoms. The molecule has 0 fully saturated rings. The number of sulfonamides is 1. The highest BCUT2D eigenvalue weighted by atomic mass is 35.5. The number of carbonyl (C=O) groups is 1. The summed E-state index contributed by atoms with van der Waals surface area (Å²) in [5.41, 5.74) is 1.38. The van der Waals surface area contributed by atoms with Gasteiger partial charge in [-0.05, 0) is 42.3 Å². The Morgan fingerprint density at radius 2 is 2.13 bits per heavy atom. The van der Waals surface area contributed by atoms with Crippen molar-refractivity contribution in [3.63, 3.8) is 0 Å². The van der Waals surface area contributed by atoms with Crippen molar-refractivity contribution < 1.29 is 22.3 Å². The van der Waals surface area contributed by atoms with Crippen LogP contribution in [0.5, 0.6) is 5.75 Å². The Hall–Kier alpha value is -2.69. The molecule has 30 heavy (non-hydrogen) atoms.